The minimum absolute atomic E-state index is 0.195. The summed E-state index contributed by atoms with van der Waals surface area (Å²) in [5.74, 6) is 1.50. The number of halogens is 1. The minimum atomic E-state index is -0.195. The third kappa shape index (κ3) is 5.50. The highest BCUT2D eigenvalue weighted by Crippen LogP contribution is 2.19. The SMILES string of the molecule is O=C(NCCSc1ccc(Cl)cc1)NCc1ccnc(-n2cccn2)c1. The van der Waals surface area contributed by atoms with Crippen LogP contribution in [-0.2, 0) is 6.54 Å². The molecule has 0 aliphatic carbocycles. The minimum Gasteiger partial charge on any atom is -0.337 e. The zero-order valence-corrected chi connectivity index (χ0v) is 15.5. The summed E-state index contributed by atoms with van der Waals surface area (Å²) >= 11 is 7.52. The zero-order valence-electron chi connectivity index (χ0n) is 13.9. The molecule has 0 aliphatic rings. The molecule has 3 rings (SSSR count). The molecule has 0 aliphatic heterocycles. The van der Waals surface area contributed by atoms with Gasteiger partial charge in [0.1, 0.15) is 0 Å². The molecule has 2 heterocycles. The van der Waals surface area contributed by atoms with E-state index < -0.39 is 0 Å². The van der Waals surface area contributed by atoms with Gasteiger partial charge in [0.15, 0.2) is 5.82 Å². The number of carbonyl (C=O) groups excluding carboxylic acids is 1. The van der Waals surface area contributed by atoms with E-state index in [4.69, 9.17) is 11.6 Å². The van der Waals surface area contributed by atoms with E-state index in [-0.39, 0.29) is 6.03 Å². The van der Waals surface area contributed by atoms with Gasteiger partial charge in [-0.1, -0.05) is 11.6 Å². The van der Waals surface area contributed by atoms with Gasteiger partial charge in [0.2, 0.25) is 0 Å². The fourth-order valence-corrected chi connectivity index (χ4v) is 3.10. The van der Waals surface area contributed by atoms with Gasteiger partial charge in [-0.15, -0.1) is 11.8 Å². The maximum absolute atomic E-state index is 11.9. The second-order valence-corrected chi connectivity index (χ2v) is 6.99. The van der Waals surface area contributed by atoms with E-state index in [9.17, 15) is 4.79 Å². The molecule has 26 heavy (non-hydrogen) atoms. The summed E-state index contributed by atoms with van der Waals surface area (Å²) in [6.07, 6.45) is 5.22. The maximum Gasteiger partial charge on any atom is 0.315 e. The average molecular weight is 388 g/mol. The molecule has 0 atom stereocenters. The summed E-state index contributed by atoms with van der Waals surface area (Å²) in [6, 6.07) is 13.0. The van der Waals surface area contributed by atoms with Crippen LogP contribution in [0, 0.1) is 0 Å². The van der Waals surface area contributed by atoms with Crippen molar-refractivity contribution in [2.24, 2.45) is 0 Å². The molecule has 0 saturated heterocycles. The van der Waals surface area contributed by atoms with Crippen molar-refractivity contribution >= 4 is 29.4 Å². The molecule has 6 nitrogen and oxygen atoms in total. The van der Waals surface area contributed by atoms with Gasteiger partial charge in [0, 0.05) is 47.4 Å². The van der Waals surface area contributed by atoms with Crippen LogP contribution in [0.1, 0.15) is 5.56 Å². The molecular formula is C18H18ClN5OS. The van der Waals surface area contributed by atoms with Crippen molar-refractivity contribution in [2.75, 3.05) is 12.3 Å². The van der Waals surface area contributed by atoms with Gasteiger partial charge in [-0.25, -0.2) is 14.5 Å². The lowest BCUT2D eigenvalue weighted by Gasteiger charge is -2.08. The number of pyridine rings is 1. The highest BCUT2D eigenvalue weighted by atomic mass is 35.5. The highest BCUT2D eigenvalue weighted by molar-refractivity contribution is 7.99. The number of thioether (sulfide) groups is 1. The van der Waals surface area contributed by atoms with E-state index in [1.165, 1.54) is 0 Å². The Kier molecular flexibility index (Phi) is 6.51. The second-order valence-electron chi connectivity index (χ2n) is 5.38. The van der Waals surface area contributed by atoms with Crippen molar-refractivity contribution in [3.8, 4) is 5.82 Å². The molecule has 0 spiro atoms. The molecule has 0 unspecified atom stereocenters. The Hall–Kier alpha value is -2.51. The van der Waals surface area contributed by atoms with E-state index in [1.54, 1.807) is 28.8 Å². The first-order chi connectivity index (χ1) is 12.7. The molecule has 3 aromatic rings. The van der Waals surface area contributed by atoms with E-state index in [1.807, 2.05) is 48.7 Å². The smallest absolute Gasteiger partial charge is 0.315 e. The number of rotatable bonds is 7. The maximum atomic E-state index is 11.9. The summed E-state index contributed by atoms with van der Waals surface area (Å²) in [4.78, 5) is 17.3. The van der Waals surface area contributed by atoms with Crippen LogP contribution in [-0.4, -0.2) is 33.1 Å². The van der Waals surface area contributed by atoms with Gasteiger partial charge in [-0.2, -0.15) is 5.10 Å². The van der Waals surface area contributed by atoms with Crippen LogP contribution in [0.15, 0.2) is 66.0 Å². The first-order valence-electron chi connectivity index (χ1n) is 8.06. The third-order valence-electron chi connectivity index (χ3n) is 3.47. The molecule has 2 amide bonds. The van der Waals surface area contributed by atoms with Gasteiger partial charge in [-0.05, 0) is 48.0 Å². The number of hydrogen-bond donors (Lipinski definition) is 2. The number of carbonyl (C=O) groups is 1. The summed E-state index contributed by atoms with van der Waals surface area (Å²) in [7, 11) is 0. The molecule has 134 valence electrons. The topological polar surface area (TPSA) is 71.8 Å². The van der Waals surface area contributed by atoms with Crippen LogP contribution in [0.25, 0.3) is 5.82 Å². The molecule has 1 aromatic carbocycles. The fraction of sp³-hybridized carbons (Fsp3) is 0.167. The van der Waals surface area contributed by atoms with Crippen molar-refractivity contribution in [2.45, 2.75) is 11.4 Å². The van der Waals surface area contributed by atoms with E-state index in [0.717, 1.165) is 21.2 Å². The standard InChI is InChI=1S/C18H18ClN5OS/c19-15-2-4-16(5-3-15)26-11-9-21-18(25)22-13-14-6-8-20-17(12-14)24-10-1-7-23-24/h1-8,10,12H,9,11,13H2,(H2,21,22,25). The largest absolute Gasteiger partial charge is 0.337 e. The molecule has 2 N–H and O–H groups in total. The summed E-state index contributed by atoms with van der Waals surface area (Å²) in [5.41, 5.74) is 0.955. The van der Waals surface area contributed by atoms with Gasteiger partial charge in [0.25, 0.3) is 0 Å². The molecule has 0 fully saturated rings. The first kappa shape index (κ1) is 18.3. The second kappa shape index (κ2) is 9.26. The van der Waals surface area contributed by atoms with Crippen molar-refractivity contribution < 1.29 is 4.79 Å². The Bertz CT molecular complexity index is 839. The van der Waals surface area contributed by atoms with Crippen LogP contribution in [0.2, 0.25) is 5.02 Å². The zero-order chi connectivity index (χ0) is 18.2. The summed E-state index contributed by atoms with van der Waals surface area (Å²) < 4.78 is 1.68. The third-order valence-corrected chi connectivity index (χ3v) is 4.74. The lowest BCUT2D eigenvalue weighted by molar-refractivity contribution is 0.241. The lowest BCUT2D eigenvalue weighted by Crippen LogP contribution is -2.36. The van der Waals surface area contributed by atoms with Crippen LogP contribution in [0.5, 0.6) is 0 Å². The highest BCUT2D eigenvalue weighted by Gasteiger charge is 2.03. The number of amides is 2. The van der Waals surface area contributed by atoms with Gasteiger partial charge in [0.05, 0.1) is 0 Å². The summed E-state index contributed by atoms with van der Waals surface area (Å²) in [5, 5.41) is 10.6. The number of urea groups is 1. The Labute approximate surface area is 161 Å². The van der Waals surface area contributed by atoms with Crippen LogP contribution >= 0.6 is 23.4 Å². The Morgan fingerprint density at radius 3 is 2.77 bits per heavy atom. The van der Waals surface area contributed by atoms with Crippen LogP contribution < -0.4 is 10.6 Å². The number of nitrogens with one attached hydrogen (secondary N) is 2. The first-order valence-corrected chi connectivity index (χ1v) is 9.42. The van der Waals surface area contributed by atoms with Gasteiger partial charge >= 0.3 is 6.03 Å². The fourth-order valence-electron chi connectivity index (χ4n) is 2.21. The molecule has 0 bridgehead atoms. The van der Waals surface area contributed by atoms with Crippen LogP contribution in [0.4, 0.5) is 4.79 Å². The predicted molar refractivity (Wildman–Crippen MR) is 104 cm³/mol. The molecule has 2 aromatic heterocycles. The predicted octanol–water partition coefficient (Wildman–Crippen LogP) is 3.51. The van der Waals surface area contributed by atoms with Crippen molar-refractivity contribution in [1.82, 2.24) is 25.4 Å². The molecule has 8 heteroatoms. The molecule has 0 radical (unpaired) electrons. The summed E-state index contributed by atoms with van der Waals surface area (Å²) in [6.45, 7) is 1.00. The number of benzene rings is 1. The lowest BCUT2D eigenvalue weighted by atomic mass is 10.2. The van der Waals surface area contributed by atoms with Gasteiger partial charge < -0.3 is 10.6 Å². The monoisotopic (exact) mass is 387 g/mol. The number of nitrogens with zero attached hydrogens (tertiary/aromatic N) is 3. The van der Waals surface area contributed by atoms with Crippen molar-refractivity contribution in [3.63, 3.8) is 0 Å². The van der Waals surface area contributed by atoms with Gasteiger partial charge in [-0.3, -0.25) is 0 Å². The number of hydrogen-bond acceptors (Lipinski definition) is 4. The van der Waals surface area contributed by atoms with E-state index in [2.05, 4.69) is 20.7 Å². The molecular weight excluding hydrogens is 370 g/mol. The average Bonchev–Trinajstić information content (AvgIpc) is 3.20. The van der Waals surface area contributed by atoms with Crippen LogP contribution in [0.3, 0.4) is 0 Å². The number of aromatic nitrogens is 3. The Morgan fingerprint density at radius 2 is 2.00 bits per heavy atom. The van der Waals surface area contributed by atoms with E-state index >= 15 is 0 Å². The quantitative estimate of drug-likeness (QED) is 0.480. The van der Waals surface area contributed by atoms with Crippen molar-refractivity contribution in [3.05, 3.63) is 71.6 Å². The van der Waals surface area contributed by atoms with E-state index in [0.29, 0.717) is 18.9 Å². The molecule has 0 saturated carbocycles. The Morgan fingerprint density at radius 1 is 1.15 bits per heavy atom. The van der Waals surface area contributed by atoms with Crippen molar-refractivity contribution in [1.29, 1.82) is 0 Å². The normalized spacial score (nSPS) is 10.5. The Balaban J connectivity index is 1.39.